The zero-order valence-electron chi connectivity index (χ0n) is 10.4. The van der Waals surface area contributed by atoms with Gasteiger partial charge in [-0.1, -0.05) is 0 Å². The van der Waals surface area contributed by atoms with Crippen molar-refractivity contribution in [1.82, 2.24) is 14.8 Å². The summed E-state index contributed by atoms with van der Waals surface area (Å²) in [5.41, 5.74) is 5.39. The second kappa shape index (κ2) is 5.02. The van der Waals surface area contributed by atoms with Crippen molar-refractivity contribution in [1.29, 1.82) is 0 Å². The Morgan fingerprint density at radius 1 is 1.40 bits per heavy atom. The van der Waals surface area contributed by atoms with E-state index < -0.39 is 11.6 Å². The number of hydrogen-bond acceptors (Lipinski definition) is 4. The van der Waals surface area contributed by atoms with Crippen LogP contribution in [0.4, 0.5) is 8.78 Å². The second-order valence-electron chi connectivity index (χ2n) is 4.61. The maximum Gasteiger partial charge on any atom is 0.344 e. The highest BCUT2D eigenvalue weighted by molar-refractivity contribution is 7.99. The van der Waals surface area contributed by atoms with E-state index in [0.717, 1.165) is 24.6 Å². The molecule has 2 aromatic rings. The first kappa shape index (κ1) is 13.3. The number of halogens is 2. The molecule has 3 N–H and O–H groups in total. The van der Waals surface area contributed by atoms with Crippen molar-refractivity contribution in [2.45, 2.75) is 35.5 Å². The Balaban J connectivity index is 1.98. The quantitative estimate of drug-likeness (QED) is 0.902. The van der Waals surface area contributed by atoms with Crippen LogP contribution in [0.3, 0.4) is 0 Å². The average molecular weight is 298 g/mol. The van der Waals surface area contributed by atoms with E-state index in [-0.39, 0.29) is 28.3 Å². The summed E-state index contributed by atoms with van der Waals surface area (Å²) in [4.78, 5) is 11.4. The molecule has 106 valence electrons. The molecule has 3 rings (SSSR count). The molecule has 0 amide bonds. The van der Waals surface area contributed by atoms with Crippen LogP contribution in [-0.4, -0.2) is 14.8 Å². The average Bonchev–Trinajstić information content (AvgIpc) is 3.18. The SMILES string of the molecule is NCc1cc(F)c(Sc2n[nH]c(=O)n2C2CC2)c(F)c1. The van der Waals surface area contributed by atoms with E-state index in [1.807, 2.05) is 0 Å². The lowest BCUT2D eigenvalue weighted by Gasteiger charge is -2.07. The zero-order chi connectivity index (χ0) is 14.3. The standard InChI is InChI=1S/C12H12F2N4OS/c13-8-3-6(5-15)4-9(14)10(8)20-12-17-16-11(19)18(12)7-1-2-7/h3-4,7H,1-2,5,15H2,(H,16,19). The lowest BCUT2D eigenvalue weighted by Crippen LogP contribution is -2.16. The molecule has 5 nitrogen and oxygen atoms in total. The van der Waals surface area contributed by atoms with Gasteiger partial charge in [-0.3, -0.25) is 4.57 Å². The van der Waals surface area contributed by atoms with Gasteiger partial charge in [0.1, 0.15) is 11.6 Å². The highest BCUT2D eigenvalue weighted by Crippen LogP contribution is 2.38. The number of H-pyrrole nitrogens is 1. The molecule has 1 aromatic carbocycles. The molecule has 1 aliphatic rings. The van der Waals surface area contributed by atoms with Crippen LogP contribution in [0.25, 0.3) is 0 Å². The van der Waals surface area contributed by atoms with Gasteiger partial charge in [0, 0.05) is 12.6 Å². The van der Waals surface area contributed by atoms with E-state index in [0.29, 0.717) is 5.56 Å². The Morgan fingerprint density at radius 2 is 2.05 bits per heavy atom. The molecule has 0 radical (unpaired) electrons. The van der Waals surface area contributed by atoms with Gasteiger partial charge in [0.25, 0.3) is 0 Å². The Morgan fingerprint density at radius 3 is 2.60 bits per heavy atom. The van der Waals surface area contributed by atoms with Crippen molar-refractivity contribution < 1.29 is 8.78 Å². The highest BCUT2D eigenvalue weighted by atomic mass is 32.2. The van der Waals surface area contributed by atoms with Crippen molar-refractivity contribution in [2.24, 2.45) is 5.73 Å². The van der Waals surface area contributed by atoms with Gasteiger partial charge in [-0.2, -0.15) is 0 Å². The molecular weight excluding hydrogens is 286 g/mol. The fourth-order valence-corrected chi connectivity index (χ4v) is 2.85. The normalized spacial score (nSPS) is 14.8. The molecule has 1 heterocycles. The van der Waals surface area contributed by atoms with Crippen LogP contribution >= 0.6 is 11.8 Å². The lowest BCUT2D eigenvalue weighted by atomic mass is 10.2. The number of aromatic nitrogens is 3. The third-order valence-corrected chi connectivity index (χ3v) is 4.14. The van der Waals surface area contributed by atoms with Crippen LogP contribution in [-0.2, 0) is 6.54 Å². The van der Waals surface area contributed by atoms with Crippen LogP contribution in [0.15, 0.2) is 27.0 Å². The number of aromatic amines is 1. The summed E-state index contributed by atoms with van der Waals surface area (Å²) in [6, 6.07) is 2.47. The number of rotatable bonds is 4. The molecule has 0 aliphatic heterocycles. The molecule has 0 bridgehead atoms. The summed E-state index contributed by atoms with van der Waals surface area (Å²) in [5.74, 6) is -1.40. The third-order valence-electron chi connectivity index (χ3n) is 3.07. The Bertz CT molecular complexity index is 685. The minimum Gasteiger partial charge on any atom is -0.326 e. The monoisotopic (exact) mass is 298 g/mol. The van der Waals surface area contributed by atoms with Crippen LogP contribution in [0.5, 0.6) is 0 Å². The summed E-state index contributed by atoms with van der Waals surface area (Å²) < 4.78 is 29.2. The van der Waals surface area contributed by atoms with E-state index in [1.54, 1.807) is 0 Å². The topological polar surface area (TPSA) is 76.7 Å². The molecule has 0 unspecified atom stereocenters. The number of nitrogens with two attached hydrogens (primary N) is 1. The van der Waals surface area contributed by atoms with E-state index in [2.05, 4.69) is 10.2 Å². The van der Waals surface area contributed by atoms with Crippen molar-refractivity contribution >= 4 is 11.8 Å². The zero-order valence-corrected chi connectivity index (χ0v) is 11.2. The van der Waals surface area contributed by atoms with E-state index in [1.165, 1.54) is 16.7 Å². The van der Waals surface area contributed by atoms with Gasteiger partial charge in [0.2, 0.25) is 0 Å². The van der Waals surface area contributed by atoms with Gasteiger partial charge in [0.15, 0.2) is 5.16 Å². The fraction of sp³-hybridized carbons (Fsp3) is 0.333. The minimum absolute atomic E-state index is 0.0635. The predicted octanol–water partition coefficient (Wildman–Crippen LogP) is 1.79. The van der Waals surface area contributed by atoms with E-state index in [4.69, 9.17) is 5.73 Å². The van der Waals surface area contributed by atoms with Crippen molar-refractivity contribution in [3.8, 4) is 0 Å². The van der Waals surface area contributed by atoms with Gasteiger partial charge in [-0.05, 0) is 42.3 Å². The van der Waals surface area contributed by atoms with Gasteiger partial charge >= 0.3 is 5.69 Å². The number of nitrogens with one attached hydrogen (secondary N) is 1. The fourth-order valence-electron chi connectivity index (χ4n) is 1.94. The summed E-state index contributed by atoms with van der Waals surface area (Å²) in [7, 11) is 0. The smallest absolute Gasteiger partial charge is 0.326 e. The number of nitrogens with zero attached hydrogens (tertiary/aromatic N) is 2. The summed E-state index contributed by atoms with van der Waals surface area (Å²) >= 11 is 0.806. The first-order valence-corrected chi connectivity index (χ1v) is 6.94. The van der Waals surface area contributed by atoms with Gasteiger partial charge < -0.3 is 5.73 Å². The lowest BCUT2D eigenvalue weighted by molar-refractivity contribution is 0.536. The first-order chi connectivity index (χ1) is 9.60. The third kappa shape index (κ3) is 2.36. The molecule has 0 saturated heterocycles. The van der Waals surface area contributed by atoms with E-state index in [9.17, 15) is 13.6 Å². The van der Waals surface area contributed by atoms with Crippen molar-refractivity contribution in [2.75, 3.05) is 0 Å². The molecular formula is C12H12F2N4OS. The van der Waals surface area contributed by atoms with Gasteiger partial charge in [-0.25, -0.2) is 18.7 Å². The summed E-state index contributed by atoms with van der Waals surface area (Å²) in [5, 5.41) is 6.41. The van der Waals surface area contributed by atoms with Gasteiger partial charge in [-0.15, -0.1) is 5.10 Å². The largest absolute Gasteiger partial charge is 0.344 e. The Kier molecular flexibility index (Phi) is 3.35. The molecule has 1 aromatic heterocycles. The Labute approximate surface area is 117 Å². The molecule has 1 fully saturated rings. The second-order valence-corrected chi connectivity index (χ2v) is 5.58. The van der Waals surface area contributed by atoms with Crippen molar-refractivity contribution in [3.63, 3.8) is 0 Å². The maximum atomic E-state index is 13.9. The molecule has 20 heavy (non-hydrogen) atoms. The Hall–Kier alpha value is -1.67. The van der Waals surface area contributed by atoms with Crippen LogP contribution in [0.2, 0.25) is 0 Å². The summed E-state index contributed by atoms with van der Waals surface area (Å²) in [6.07, 6.45) is 1.76. The predicted molar refractivity (Wildman–Crippen MR) is 69.5 cm³/mol. The van der Waals surface area contributed by atoms with Crippen molar-refractivity contribution in [3.05, 3.63) is 39.8 Å². The maximum absolute atomic E-state index is 13.9. The highest BCUT2D eigenvalue weighted by Gasteiger charge is 2.29. The number of hydrogen-bond donors (Lipinski definition) is 2. The van der Waals surface area contributed by atoms with Crippen LogP contribution < -0.4 is 11.4 Å². The van der Waals surface area contributed by atoms with Crippen LogP contribution in [0, 0.1) is 11.6 Å². The van der Waals surface area contributed by atoms with E-state index >= 15 is 0 Å². The van der Waals surface area contributed by atoms with Gasteiger partial charge in [0.05, 0.1) is 4.90 Å². The number of benzene rings is 1. The molecule has 8 heteroatoms. The molecule has 0 spiro atoms. The first-order valence-electron chi connectivity index (χ1n) is 6.13. The van der Waals surface area contributed by atoms with Crippen LogP contribution in [0.1, 0.15) is 24.4 Å². The summed E-state index contributed by atoms with van der Waals surface area (Å²) in [6.45, 7) is 0.0635. The molecule has 1 saturated carbocycles. The molecule has 1 aliphatic carbocycles. The minimum atomic E-state index is -0.701. The molecule has 0 atom stereocenters.